The summed E-state index contributed by atoms with van der Waals surface area (Å²) in [7, 11) is 0. The molecule has 5 heteroatoms. The van der Waals surface area contributed by atoms with Gasteiger partial charge in [0.2, 0.25) is 5.95 Å². The molecule has 0 fully saturated rings. The fraction of sp³-hybridized carbons (Fsp3) is 0.173. The van der Waals surface area contributed by atoms with Crippen molar-refractivity contribution >= 4 is 54.4 Å². The third kappa shape index (κ3) is 4.98. The van der Waals surface area contributed by atoms with Crippen LogP contribution in [-0.2, 0) is 10.8 Å². The van der Waals surface area contributed by atoms with Crippen LogP contribution in [-0.4, -0.2) is 24.1 Å². The van der Waals surface area contributed by atoms with E-state index in [9.17, 15) is 0 Å². The monoisotopic (exact) mass is 737 g/mol. The zero-order valence-electron chi connectivity index (χ0n) is 33.0. The summed E-state index contributed by atoms with van der Waals surface area (Å²) in [5.74, 6) is 2.43. The molecule has 0 N–H and O–H groups in total. The van der Waals surface area contributed by atoms with Crippen LogP contribution in [0.5, 0.6) is 0 Å². The molecule has 1 aliphatic rings. The van der Waals surface area contributed by atoms with Gasteiger partial charge in [-0.25, -0.2) is 4.98 Å². The lowest BCUT2D eigenvalue weighted by Gasteiger charge is -2.46. The summed E-state index contributed by atoms with van der Waals surface area (Å²) in [4.78, 5) is 15.5. The summed E-state index contributed by atoms with van der Waals surface area (Å²) in [6.45, 7) is 12.1. The highest BCUT2D eigenvalue weighted by molar-refractivity contribution is 6.33. The first-order valence-corrected chi connectivity index (χ1v) is 20.1. The van der Waals surface area contributed by atoms with Crippen molar-refractivity contribution in [2.45, 2.75) is 51.9 Å². The third-order valence-electron chi connectivity index (χ3n) is 13.1. The minimum atomic E-state index is 0.0565. The quantitative estimate of drug-likeness (QED) is 0.181. The van der Waals surface area contributed by atoms with Crippen molar-refractivity contribution < 1.29 is 0 Å². The zero-order valence-corrected chi connectivity index (χ0v) is 33.0. The van der Waals surface area contributed by atoms with E-state index in [4.69, 9.17) is 15.0 Å². The number of fused-ring (bicyclic) bond motifs is 10. The first-order valence-electron chi connectivity index (χ1n) is 20.1. The second-order valence-corrected chi connectivity index (χ2v) is 17.2. The summed E-state index contributed by atoms with van der Waals surface area (Å²) in [6.07, 6.45) is 1.18. The molecule has 0 saturated carbocycles. The maximum Gasteiger partial charge on any atom is 0.238 e. The van der Waals surface area contributed by atoms with E-state index in [1.165, 1.54) is 66.6 Å². The van der Waals surface area contributed by atoms with E-state index < -0.39 is 0 Å². The number of rotatable bonds is 4. The van der Waals surface area contributed by atoms with Crippen molar-refractivity contribution in [3.05, 3.63) is 163 Å². The lowest BCUT2D eigenvalue weighted by molar-refractivity contribution is 0.233. The van der Waals surface area contributed by atoms with E-state index in [2.05, 4.69) is 159 Å². The SMILES string of the molecule is CC1CC(C)(C)c2ccc(-n3c4ccccc4c4c5c6c7ccccc7ccc6n(-c6nc(-c7ccccc7)nc(-c7ccccc7)n6)c5ccc43)cc2C1(C)C. The van der Waals surface area contributed by atoms with Gasteiger partial charge in [-0.15, -0.1) is 0 Å². The highest BCUT2D eigenvalue weighted by atomic mass is 15.2. The Balaban J connectivity index is 1.27. The highest BCUT2D eigenvalue weighted by Crippen LogP contribution is 2.50. The maximum atomic E-state index is 5.25. The van der Waals surface area contributed by atoms with E-state index in [1.807, 2.05) is 36.4 Å². The standard InChI is InChI=1S/C52H43N5/c1-32-31-51(2,3)39-26-25-36(30-40(39)52(32,4)5)56-41-23-15-14-22-38(41)46-42(56)28-29-44-47(46)45-37-21-13-12-16-33(37)24-27-43(45)57(44)50-54-48(34-17-8-6-9-18-34)53-49(55-50)35-19-10-7-11-20-35/h6-30,32H,31H2,1-5H3. The summed E-state index contributed by atoms with van der Waals surface area (Å²) < 4.78 is 4.75. The van der Waals surface area contributed by atoms with Gasteiger partial charge in [-0.05, 0) is 81.5 Å². The third-order valence-corrected chi connectivity index (χ3v) is 13.1. The van der Waals surface area contributed by atoms with Gasteiger partial charge in [0, 0.05) is 38.4 Å². The first kappa shape index (κ1) is 33.7. The van der Waals surface area contributed by atoms with Crippen molar-refractivity contribution in [1.82, 2.24) is 24.1 Å². The minimum Gasteiger partial charge on any atom is -0.309 e. The number of hydrogen-bond donors (Lipinski definition) is 0. The minimum absolute atomic E-state index is 0.0565. The van der Waals surface area contributed by atoms with Gasteiger partial charge < -0.3 is 4.57 Å². The Kier molecular flexibility index (Phi) is 7.22. The van der Waals surface area contributed by atoms with E-state index in [1.54, 1.807) is 0 Å². The average molecular weight is 738 g/mol. The molecule has 1 unspecified atom stereocenters. The molecule has 0 bridgehead atoms. The number of aromatic nitrogens is 5. The number of benzene rings is 7. The Hall–Kier alpha value is -6.59. The summed E-state index contributed by atoms with van der Waals surface area (Å²) in [5.41, 5.74) is 10.7. The van der Waals surface area contributed by atoms with Crippen LogP contribution in [0.2, 0.25) is 0 Å². The summed E-state index contributed by atoms with van der Waals surface area (Å²) in [6, 6.07) is 54.4. The molecule has 0 saturated heterocycles. The Morgan fingerprint density at radius 2 is 1.05 bits per heavy atom. The van der Waals surface area contributed by atoms with Gasteiger partial charge >= 0.3 is 0 Å². The molecule has 0 amide bonds. The van der Waals surface area contributed by atoms with Crippen molar-refractivity contribution in [2.24, 2.45) is 5.92 Å². The van der Waals surface area contributed by atoms with Crippen LogP contribution in [0.15, 0.2) is 152 Å². The molecule has 1 atom stereocenters. The molecule has 0 radical (unpaired) electrons. The molecule has 10 aromatic rings. The van der Waals surface area contributed by atoms with E-state index in [0.29, 0.717) is 23.5 Å². The molecular weight excluding hydrogens is 695 g/mol. The second kappa shape index (κ2) is 12.2. The Bertz CT molecular complexity index is 3160. The van der Waals surface area contributed by atoms with Crippen molar-refractivity contribution in [3.63, 3.8) is 0 Å². The molecule has 57 heavy (non-hydrogen) atoms. The van der Waals surface area contributed by atoms with Crippen LogP contribution in [0.1, 0.15) is 52.2 Å². The molecule has 0 spiro atoms. The Labute approximate surface area is 332 Å². The smallest absolute Gasteiger partial charge is 0.238 e. The van der Waals surface area contributed by atoms with Crippen molar-refractivity contribution in [3.8, 4) is 34.4 Å². The molecule has 3 aromatic heterocycles. The topological polar surface area (TPSA) is 48.5 Å². The molecule has 276 valence electrons. The fourth-order valence-electron chi connectivity index (χ4n) is 9.91. The fourth-order valence-corrected chi connectivity index (χ4v) is 9.91. The van der Waals surface area contributed by atoms with Crippen LogP contribution in [0, 0.1) is 5.92 Å². The van der Waals surface area contributed by atoms with Gasteiger partial charge in [-0.3, -0.25) is 4.57 Å². The summed E-state index contributed by atoms with van der Waals surface area (Å²) in [5, 5.41) is 7.25. The lowest BCUT2D eigenvalue weighted by atomic mass is 9.58. The highest BCUT2D eigenvalue weighted by Gasteiger charge is 2.42. The van der Waals surface area contributed by atoms with Gasteiger partial charge in [0.15, 0.2) is 11.6 Å². The van der Waals surface area contributed by atoms with Crippen LogP contribution in [0.3, 0.4) is 0 Å². The van der Waals surface area contributed by atoms with Crippen LogP contribution >= 0.6 is 0 Å². The largest absolute Gasteiger partial charge is 0.309 e. The van der Waals surface area contributed by atoms with Gasteiger partial charge in [0.05, 0.1) is 22.1 Å². The Morgan fingerprint density at radius 3 is 1.75 bits per heavy atom. The predicted molar refractivity (Wildman–Crippen MR) is 237 cm³/mol. The van der Waals surface area contributed by atoms with Crippen molar-refractivity contribution in [1.29, 1.82) is 0 Å². The van der Waals surface area contributed by atoms with Crippen molar-refractivity contribution in [2.75, 3.05) is 0 Å². The molecule has 3 heterocycles. The van der Waals surface area contributed by atoms with Gasteiger partial charge in [-0.1, -0.05) is 150 Å². The molecule has 0 aliphatic heterocycles. The van der Waals surface area contributed by atoms with E-state index >= 15 is 0 Å². The number of hydrogen-bond acceptors (Lipinski definition) is 3. The van der Waals surface area contributed by atoms with Crippen LogP contribution in [0.25, 0.3) is 88.8 Å². The van der Waals surface area contributed by atoms with E-state index in [0.717, 1.165) is 22.2 Å². The second-order valence-electron chi connectivity index (χ2n) is 17.2. The lowest BCUT2D eigenvalue weighted by Crippen LogP contribution is -2.40. The zero-order chi connectivity index (χ0) is 38.6. The van der Waals surface area contributed by atoms with Crippen LogP contribution in [0.4, 0.5) is 0 Å². The molecule has 11 rings (SSSR count). The molecule has 1 aliphatic carbocycles. The average Bonchev–Trinajstić information content (AvgIpc) is 3.76. The molecule has 5 nitrogen and oxygen atoms in total. The normalized spacial score (nSPS) is 16.2. The Morgan fingerprint density at radius 1 is 0.491 bits per heavy atom. The molecule has 7 aromatic carbocycles. The predicted octanol–water partition coefficient (Wildman–Crippen LogP) is 13.1. The van der Waals surface area contributed by atoms with Gasteiger partial charge in [-0.2, -0.15) is 9.97 Å². The maximum absolute atomic E-state index is 5.25. The first-order chi connectivity index (χ1) is 27.7. The number of para-hydroxylation sites is 1. The van der Waals surface area contributed by atoms with E-state index in [-0.39, 0.29) is 10.8 Å². The van der Waals surface area contributed by atoms with Gasteiger partial charge in [0.1, 0.15) is 0 Å². The van der Waals surface area contributed by atoms with Crippen LogP contribution < -0.4 is 0 Å². The van der Waals surface area contributed by atoms with Gasteiger partial charge in [0.25, 0.3) is 0 Å². The summed E-state index contributed by atoms with van der Waals surface area (Å²) >= 11 is 0. The molecular formula is C52H43N5. The number of nitrogens with zero attached hydrogens (tertiary/aromatic N) is 5.